The molecule has 1 saturated carbocycles. The minimum absolute atomic E-state index is 0.0713. The molecule has 9 heteroatoms. The molecular weight excluding hydrogens is 420 g/mol. The average Bonchev–Trinajstić information content (AvgIpc) is 3.30. The van der Waals surface area contributed by atoms with Crippen LogP contribution in [0.1, 0.15) is 54.4 Å². The standard InChI is InChI=1S/C17H21BrN4O3S/c1-10(2)15-14(18)16(21-20-15)17(23)19-9-11-3-7-13(8-4-11)26(24,25)22-12-5-6-12/h3-4,7-8,10,12,22H,5-6,9H2,1-2H3,(H,19,23)(H,20,21). The van der Waals surface area contributed by atoms with Crippen molar-refractivity contribution in [2.45, 2.75) is 50.1 Å². The lowest BCUT2D eigenvalue weighted by molar-refractivity contribution is 0.0945. The van der Waals surface area contributed by atoms with Gasteiger partial charge in [0.25, 0.3) is 5.91 Å². The molecule has 1 aromatic heterocycles. The maximum atomic E-state index is 12.3. The fraction of sp³-hybridized carbons (Fsp3) is 0.412. The van der Waals surface area contributed by atoms with Crippen molar-refractivity contribution in [1.82, 2.24) is 20.2 Å². The van der Waals surface area contributed by atoms with E-state index in [1.165, 1.54) is 0 Å². The third-order valence-electron chi connectivity index (χ3n) is 4.11. The molecule has 0 saturated heterocycles. The second kappa shape index (κ2) is 7.50. The molecule has 0 spiro atoms. The zero-order valence-electron chi connectivity index (χ0n) is 14.5. The Kier molecular flexibility index (Phi) is 5.50. The number of aromatic nitrogens is 2. The number of hydrogen-bond donors (Lipinski definition) is 3. The van der Waals surface area contributed by atoms with Gasteiger partial charge in [0.05, 0.1) is 15.1 Å². The van der Waals surface area contributed by atoms with Gasteiger partial charge in [-0.05, 0) is 52.4 Å². The summed E-state index contributed by atoms with van der Waals surface area (Å²) in [6.45, 7) is 4.30. The van der Waals surface area contributed by atoms with Crippen LogP contribution in [0.3, 0.4) is 0 Å². The van der Waals surface area contributed by atoms with Crippen molar-refractivity contribution in [2.75, 3.05) is 0 Å². The van der Waals surface area contributed by atoms with Crippen LogP contribution in [0.2, 0.25) is 0 Å². The van der Waals surface area contributed by atoms with Gasteiger partial charge in [-0.3, -0.25) is 9.89 Å². The molecule has 0 bridgehead atoms. The van der Waals surface area contributed by atoms with Gasteiger partial charge in [-0.15, -0.1) is 0 Å². The van der Waals surface area contributed by atoms with E-state index in [9.17, 15) is 13.2 Å². The van der Waals surface area contributed by atoms with Crippen LogP contribution in [0.25, 0.3) is 0 Å². The van der Waals surface area contributed by atoms with Gasteiger partial charge in [0.15, 0.2) is 5.69 Å². The fourth-order valence-corrected chi connectivity index (χ4v) is 4.54. The van der Waals surface area contributed by atoms with Crippen molar-refractivity contribution in [1.29, 1.82) is 0 Å². The van der Waals surface area contributed by atoms with Crippen LogP contribution >= 0.6 is 15.9 Å². The normalized spacial score (nSPS) is 14.6. The van der Waals surface area contributed by atoms with Crippen molar-refractivity contribution in [2.24, 2.45) is 0 Å². The average molecular weight is 441 g/mol. The summed E-state index contributed by atoms with van der Waals surface area (Å²) in [4.78, 5) is 12.5. The van der Waals surface area contributed by atoms with Gasteiger partial charge in [0, 0.05) is 12.6 Å². The molecule has 1 fully saturated rings. The van der Waals surface area contributed by atoms with E-state index in [1.807, 2.05) is 13.8 Å². The van der Waals surface area contributed by atoms with Crippen molar-refractivity contribution in [3.8, 4) is 0 Å². The molecule has 1 amide bonds. The monoisotopic (exact) mass is 440 g/mol. The molecule has 7 nitrogen and oxygen atoms in total. The van der Waals surface area contributed by atoms with Crippen molar-refractivity contribution < 1.29 is 13.2 Å². The van der Waals surface area contributed by atoms with Crippen molar-refractivity contribution >= 4 is 31.9 Å². The predicted molar refractivity (Wildman–Crippen MR) is 101 cm³/mol. The number of carbonyl (C=O) groups is 1. The number of aromatic amines is 1. The minimum atomic E-state index is -3.46. The highest BCUT2D eigenvalue weighted by atomic mass is 79.9. The summed E-state index contributed by atoms with van der Waals surface area (Å²) < 4.78 is 27.6. The Hall–Kier alpha value is -1.71. The molecule has 1 aliphatic carbocycles. The molecule has 3 N–H and O–H groups in total. The second-order valence-corrected chi connectivity index (χ2v) is 9.18. The Morgan fingerprint density at radius 1 is 1.31 bits per heavy atom. The molecule has 0 unspecified atom stereocenters. The Morgan fingerprint density at radius 2 is 1.96 bits per heavy atom. The highest BCUT2D eigenvalue weighted by Gasteiger charge is 2.27. The Bertz CT molecular complexity index is 903. The molecule has 1 aromatic carbocycles. The Labute approximate surface area is 161 Å². The number of nitrogens with one attached hydrogen (secondary N) is 3. The second-order valence-electron chi connectivity index (χ2n) is 6.68. The van der Waals surface area contributed by atoms with E-state index in [0.29, 0.717) is 10.2 Å². The third-order valence-corrected chi connectivity index (χ3v) is 6.45. The SMILES string of the molecule is CC(C)c1[nH]nc(C(=O)NCc2ccc(S(=O)(=O)NC3CC3)cc2)c1Br. The highest BCUT2D eigenvalue weighted by molar-refractivity contribution is 9.10. The number of carbonyl (C=O) groups excluding carboxylic acids is 1. The van der Waals surface area contributed by atoms with E-state index < -0.39 is 10.0 Å². The fourth-order valence-electron chi connectivity index (χ4n) is 2.42. The van der Waals surface area contributed by atoms with Crippen LogP contribution in [0.15, 0.2) is 33.6 Å². The van der Waals surface area contributed by atoms with E-state index in [-0.39, 0.29) is 29.3 Å². The number of benzene rings is 1. The van der Waals surface area contributed by atoms with Crippen LogP contribution in [0, 0.1) is 0 Å². The van der Waals surface area contributed by atoms with E-state index in [2.05, 4.69) is 36.2 Å². The quantitative estimate of drug-likeness (QED) is 0.615. The summed E-state index contributed by atoms with van der Waals surface area (Å²) in [5, 5.41) is 9.72. The predicted octanol–water partition coefficient (Wildman–Crippen LogP) is 2.67. The number of halogens is 1. The number of hydrogen-bond acceptors (Lipinski definition) is 4. The largest absolute Gasteiger partial charge is 0.347 e. The van der Waals surface area contributed by atoms with Gasteiger partial charge < -0.3 is 5.32 Å². The Morgan fingerprint density at radius 3 is 2.50 bits per heavy atom. The summed E-state index contributed by atoms with van der Waals surface area (Å²) in [7, 11) is -3.46. The first kappa shape index (κ1) is 19.1. The van der Waals surface area contributed by atoms with Gasteiger partial charge in [0.1, 0.15) is 0 Å². The smallest absolute Gasteiger partial charge is 0.273 e. The molecule has 1 heterocycles. The summed E-state index contributed by atoms with van der Waals surface area (Å²) in [5.41, 5.74) is 1.98. The third kappa shape index (κ3) is 4.33. The Balaban J connectivity index is 1.62. The lowest BCUT2D eigenvalue weighted by atomic mass is 10.1. The minimum Gasteiger partial charge on any atom is -0.347 e. The zero-order chi connectivity index (χ0) is 18.9. The maximum absolute atomic E-state index is 12.3. The van der Waals surface area contributed by atoms with Gasteiger partial charge >= 0.3 is 0 Å². The van der Waals surface area contributed by atoms with Crippen LogP contribution in [0.5, 0.6) is 0 Å². The molecule has 2 aromatic rings. The molecule has 26 heavy (non-hydrogen) atoms. The summed E-state index contributed by atoms with van der Waals surface area (Å²) in [6.07, 6.45) is 1.79. The van der Waals surface area contributed by atoms with Gasteiger partial charge in [0.2, 0.25) is 10.0 Å². The molecule has 0 aliphatic heterocycles. The van der Waals surface area contributed by atoms with Crippen molar-refractivity contribution in [3.05, 3.63) is 45.7 Å². The van der Waals surface area contributed by atoms with Gasteiger partial charge in [-0.25, -0.2) is 13.1 Å². The van der Waals surface area contributed by atoms with Gasteiger partial charge in [-0.2, -0.15) is 5.10 Å². The molecule has 3 rings (SSSR count). The molecule has 0 radical (unpaired) electrons. The number of rotatable bonds is 7. The molecular formula is C17H21BrN4O3S. The topological polar surface area (TPSA) is 104 Å². The molecule has 0 atom stereocenters. The van der Waals surface area contributed by atoms with Crippen LogP contribution in [0.4, 0.5) is 0 Å². The van der Waals surface area contributed by atoms with Crippen molar-refractivity contribution in [3.63, 3.8) is 0 Å². The first-order valence-electron chi connectivity index (χ1n) is 8.41. The van der Waals surface area contributed by atoms with Crippen LogP contribution < -0.4 is 10.0 Å². The summed E-state index contributed by atoms with van der Waals surface area (Å²) in [6, 6.07) is 6.56. The molecule has 1 aliphatic rings. The maximum Gasteiger partial charge on any atom is 0.273 e. The van der Waals surface area contributed by atoms with E-state index in [1.54, 1.807) is 24.3 Å². The number of sulfonamides is 1. The van der Waals surface area contributed by atoms with Crippen LogP contribution in [-0.4, -0.2) is 30.6 Å². The van der Waals surface area contributed by atoms with E-state index in [4.69, 9.17) is 0 Å². The first-order valence-corrected chi connectivity index (χ1v) is 10.7. The zero-order valence-corrected chi connectivity index (χ0v) is 16.9. The summed E-state index contributed by atoms with van der Waals surface area (Å²) in [5.74, 6) is -0.0794. The summed E-state index contributed by atoms with van der Waals surface area (Å²) >= 11 is 3.41. The lowest BCUT2D eigenvalue weighted by Crippen LogP contribution is -2.26. The lowest BCUT2D eigenvalue weighted by Gasteiger charge is -2.08. The van der Waals surface area contributed by atoms with E-state index in [0.717, 1.165) is 24.1 Å². The molecule has 140 valence electrons. The number of nitrogens with zero attached hydrogens (tertiary/aromatic N) is 1. The number of amides is 1. The number of H-pyrrole nitrogens is 1. The first-order chi connectivity index (χ1) is 12.3. The van der Waals surface area contributed by atoms with E-state index >= 15 is 0 Å². The van der Waals surface area contributed by atoms with Crippen LogP contribution in [-0.2, 0) is 16.6 Å². The van der Waals surface area contributed by atoms with Gasteiger partial charge in [-0.1, -0.05) is 26.0 Å². The highest BCUT2D eigenvalue weighted by Crippen LogP contribution is 2.25.